The van der Waals surface area contributed by atoms with Gasteiger partial charge in [-0.3, -0.25) is 4.79 Å². The molecule has 45 valence electrons. The van der Waals surface area contributed by atoms with E-state index in [-0.39, 0.29) is 0 Å². The fourth-order valence-corrected chi connectivity index (χ4v) is 0.417. The first-order chi connectivity index (χ1) is 3.66. The Balaban J connectivity index is 3.38. The second kappa shape index (κ2) is 3.38. The minimum Gasteiger partial charge on any atom is -0.321 e. The Morgan fingerprint density at radius 3 is 2.62 bits per heavy atom. The molecule has 2 N–H and O–H groups in total. The molecular weight excluding hydrogens is 102 g/mol. The Morgan fingerprint density at radius 2 is 2.50 bits per heavy atom. The molecule has 0 aromatic rings. The van der Waals surface area contributed by atoms with E-state index in [2.05, 4.69) is 6.58 Å². The molecule has 1 radical (unpaired) electrons. The molecule has 0 unspecified atom stereocenters. The molecule has 0 amide bonds. The van der Waals surface area contributed by atoms with E-state index in [4.69, 9.17) is 5.73 Å². The lowest BCUT2D eigenvalue weighted by molar-refractivity contribution is 0.540. The molecule has 8 heavy (non-hydrogen) atoms. The van der Waals surface area contributed by atoms with Crippen molar-refractivity contribution in [2.24, 2.45) is 5.73 Å². The Morgan fingerprint density at radius 1 is 2.00 bits per heavy atom. The van der Waals surface area contributed by atoms with Crippen molar-refractivity contribution >= 4 is 6.29 Å². The van der Waals surface area contributed by atoms with E-state index in [9.17, 15) is 4.79 Å². The standard InChI is InChI=1S/C6H10NO/c1-5(2)3-6(7)4-8/h6H,1,3,7H2,2H3/t6-/m0/s1. The van der Waals surface area contributed by atoms with Crippen molar-refractivity contribution in [2.45, 2.75) is 19.4 Å². The topological polar surface area (TPSA) is 43.1 Å². The largest absolute Gasteiger partial charge is 0.321 e. The molecule has 0 bridgehead atoms. The molecule has 0 saturated heterocycles. The van der Waals surface area contributed by atoms with Crippen LogP contribution in [0.5, 0.6) is 0 Å². The predicted molar refractivity (Wildman–Crippen MR) is 33.1 cm³/mol. The van der Waals surface area contributed by atoms with Gasteiger partial charge in [0.05, 0.1) is 6.04 Å². The maximum absolute atomic E-state index is 9.75. The molecule has 1 atom stereocenters. The SMILES string of the molecule is C=C(C)C[C@H](N)[C]=O. The molecule has 0 aliphatic heterocycles. The summed E-state index contributed by atoms with van der Waals surface area (Å²) in [5.41, 5.74) is 6.11. The van der Waals surface area contributed by atoms with Crippen molar-refractivity contribution in [3.63, 3.8) is 0 Å². The van der Waals surface area contributed by atoms with Crippen LogP contribution in [0.4, 0.5) is 0 Å². The van der Waals surface area contributed by atoms with Gasteiger partial charge in [-0.1, -0.05) is 5.57 Å². The fraction of sp³-hybridized carbons (Fsp3) is 0.500. The van der Waals surface area contributed by atoms with E-state index in [0.29, 0.717) is 6.42 Å². The number of carbonyl (C=O) groups excluding carboxylic acids is 1. The molecule has 0 saturated carbocycles. The van der Waals surface area contributed by atoms with Gasteiger partial charge in [-0.25, -0.2) is 0 Å². The second-order valence-corrected chi connectivity index (χ2v) is 1.89. The highest BCUT2D eigenvalue weighted by atomic mass is 16.1. The lowest BCUT2D eigenvalue weighted by atomic mass is 10.1. The van der Waals surface area contributed by atoms with Crippen molar-refractivity contribution < 1.29 is 4.79 Å². The van der Waals surface area contributed by atoms with Gasteiger partial charge in [-0.2, -0.15) is 0 Å². The summed E-state index contributed by atoms with van der Waals surface area (Å²) in [6.07, 6.45) is 2.21. The minimum atomic E-state index is -0.479. The van der Waals surface area contributed by atoms with E-state index in [1.54, 1.807) is 6.29 Å². The average molecular weight is 112 g/mol. The van der Waals surface area contributed by atoms with Gasteiger partial charge in [0.1, 0.15) is 0 Å². The van der Waals surface area contributed by atoms with Crippen LogP contribution in [-0.2, 0) is 4.79 Å². The normalized spacial score (nSPS) is 12.8. The summed E-state index contributed by atoms with van der Waals surface area (Å²) < 4.78 is 0. The first kappa shape index (κ1) is 7.37. The van der Waals surface area contributed by atoms with Crippen LogP contribution in [0.15, 0.2) is 12.2 Å². The molecule has 2 heteroatoms. The zero-order valence-corrected chi connectivity index (χ0v) is 4.98. The van der Waals surface area contributed by atoms with Crippen LogP contribution < -0.4 is 5.73 Å². The van der Waals surface area contributed by atoms with Gasteiger partial charge in [0.15, 0.2) is 0 Å². The molecule has 0 aromatic heterocycles. The predicted octanol–water partition coefficient (Wildman–Crippen LogP) is 0.390. The molecule has 0 aliphatic carbocycles. The van der Waals surface area contributed by atoms with Gasteiger partial charge in [0, 0.05) is 0 Å². The highest BCUT2D eigenvalue weighted by Crippen LogP contribution is 1.95. The maximum atomic E-state index is 9.75. The third-order valence-corrected chi connectivity index (χ3v) is 0.720. The van der Waals surface area contributed by atoms with Crippen molar-refractivity contribution in [3.8, 4) is 0 Å². The fourth-order valence-electron chi connectivity index (χ4n) is 0.417. The Bertz CT molecular complexity index is 98.7. The summed E-state index contributed by atoms with van der Waals surface area (Å²) in [5.74, 6) is 0. The van der Waals surface area contributed by atoms with Crippen LogP contribution in [0, 0.1) is 0 Å². The van der Waals surface area contributed by atoms with Gasteiger partial charge in [0.2, 0.25) is 6.29 Å². The molecule has 0 spiro atoms. The van der Waals surface area contributed by atoms with Crippen LogP contribution in [0.25, 0.3) is 0 Å². The summed E-state index contributed by atoms with van der Waals surface area (Å²) in [6, 6.07) is -0.479. The second-order valence-electron chi connectivity index (χ2n) is 1.89. The zero-order valence-electron chi connectivity index (χ0n) is 4.98. The quantitative estimate of drug-likeness (QED) is 0.537. The smallest absolute Gasteiger partial charge is 0.216 e. The number of hydrogen-bond donors (Lipinski definition) is 1. The van der Waals surface area contributed by atoms with Crippen LogP contribution in [0.2, 0.25) is 0 Å². The first-order valence-electron chi connectivity index (χ1n) is 2.44. The summed E-state index contributed by atoms with van der Waals surface area (Å²) in [7, 11) is 0. The lowest BCUT2D eigenvalue weighted by Crippen LogP contribution is -2.20. The average Bonchev–Trinajstić information content (AvgIpc) is 1.65. The van der Waals surface area contributed by atoms with Crippen molar-refractivity contribution in [2.75, 3.05) is 0 Å². The van der Waals surface area contributed by atoms with E-state index in [0.717, 1.165) is 5.57 Å². The number of rotatable bonds is 3. The molecule has 2 nitrogen and oxygen atoms in total. The monoisotopic (exact) mass is 112 g/mol. The Labute approximate surface area is 49.4 Å². The highest BCUT2D eigenvalue weighted by Gasteiger charge is 1.98. The van der Waals surface area contributed by atoms with E-state index in [1.165, 1.54) is 0 Å². The van der Waals surface area contributed by atoms with E-state index < -0.39 is 6.04 Å². The summed E-state index contributed by atoms with van der Waals surface area (Å²) in [4.78, 5) is 9.75. The maximum Gasteiger partial charge on any atom is 0.216 e. The summed E-state index contributed by atoms with van der Waals surface area (Å²) in [6.45, 7) is 5.41. The van der Waals surface area contributed by atoms with Gasteiger partial charge in [0.25, 0.3) is 0 Å². The minimum absolute atomic E-state index is 0.479. The molecule has 0 fully saturated rings. The molecule has 0 rings (SSSR count). The third kappa shape index (κ3) is 3.56. The van der Waals surface area contributed by atoms with Crippen LogP contribution in [0.3, 0.4) is 0 Å². The van der Waals surface area contributed by atoms with E-state index >= 15 is 0 Å². The molecule has 0 heterocycles. The van der Waals surface area contributed by atoms with Crippen LogP contribution in [0.1, 0.15) is 13.3 Å². The Hall–Kier alpha value is -0.630. The van der Waals surface area contributed by atoms with E-state index in [1.807, 2.05) is 6.92 Å². The Kier molecular flexibility index (Phi) is 3.12. The zero-order chi connectivity index (χ0) is 6.57. The molecular formula is C6H10NO. The first-order valence-corrected chi connectivity index (χ1v) is 2.44. The van der Waals surface area contributed by atoms with Crippen LogP contribution in [-0.4, -0.2) is 12.3 Å². The van der Waals surface area contributed by atoms with Crippen molar-refractivity contribution in [1.82, 2.24) is 0 Å². The third-order valence-electron chi connectivity index (χ3n) is 0.720. The van der Waals surface area contributed by atoms with Gasteiger partial charge < -0.3 is 5.73 Å². The van der Waals surface area contributed by atoms with Gasteiger partial charge >= 0.3 is 0 Å². The lowest BCUT2D eigenvalue weighted by Gasteiger charge is -1.98. The van der Waals surface area contributed by atoms with Crippen LogP contribution >= 0.6 is 0 Å². The highest BCUT2D eigenvalue weighted by molar-refractivity contribution is 5.58. The molecule has 0 aliphatic rings. The van der Waals surface area contributed by atoms with Gasteiger partial charge in [-0.15, -0.1) is 6.58 Å². The summed E-state index contributed by atoms with van der Waals surface area (Å²) >= 11 is 0. The van der Waals surface area contributed by atoms with Crippen molar-refractivity contribution in [3.05, 3.63) is 12.2 Å². The van der Waals surface area contributed by atoms with Gasteiger partial charge in [-0.05, 0) is 13.3 Å². The summed E-state index contributed by atoms with van der Waals surface area (Å²) in [5, 5.41) is 0. The molecule has 0 aromatic carbocycles. The van der Waals surface area contributed by atoms with Crippen molar-refractivity contribution in [1.29, 1.82) is 0 Å². The number of hydrogen-bond acceptors (Lipinski definition) is 2. The number of nitrogens with two attached hydrogens (primary N) is 1.